The van der Waals surface area contributed by atoms with Crippen molar-refractivity contribution in [3.05, 3.63) is 59.7 Å². The summed E-state index contributed by atoms with van der Waals surface area (Å²) < 4.78 is 5.52. The van der Waals surface area contributed by atoms with E-state index >= 15 is 0 Å². The van der Waals surface area contributed by atoms with E-state index in [0.29, 0.717) is 19.4 Å². The Morgan fingerprint density at radius 2 is 1.40 bits per heavy atom. The zero-order valence-electron chi connectivity index (χ0n) is 25.1. The van der Waals surface area contributed by atoms with Crippen LogP contribution < -0.4 is 32.3 Å². The zero-order valence-corrected chi connectivity index (χ0v) is 25.1. The zero-order chi connectivity index (χ0) is 32.8. The molecule has 14 nitrogen and oxygen atoms in total. The number of alkyl carbamates (subject to hydrolysis) is 1. The topological polar surface area (TPSA) is 218 Å². The number of carboxylic acids is 1. The Balaban J connectivity index is 1.37. The van der Waals surface area contributed by atoms with Crippen LogP contribution in [0.5, 0.6) is 0 Å². The fourth-order valence-electron chi connectivity index (χ4n) is 5.14. The third kappa shape index (κ3) is 10.8. The summed E-state index contributed by atoms with van der Waals surface area (Å²) >= 11 is 0. The van der Waals surface area contributed by atoms with Crippen molar-refractivity contribution in [2.75, 3.05) is 26.2 Å². The number of rotatable bonds is 17. The molecule has 242 valence electrons. The summed E-state index contributed by atoms with van der Waals surface area (Å²) in [4.78, 5) is 71.1. The summed E-state index contributed by atoms with van der Waals surface area (Å²) in [5.74, 6) is -3.10. The predicted octanol–water partition coefficient (Wildman–Crippen LogP) is 1.33. The summed E-state index contributed by atoms with van der Waals surface area (Å²) in [7, 11) is 0. The number of nitrogens with two attached hydrogens (primary N) is 1. The van der Waals surface area contributed by atoms with Gasteiger partial charge in [-0.1, -0.05) is 48.5 Å². The second kappa shape index (κ2) is 17.2. The quantitative estimate of drug-likeness (QED) is 0.127. The van der Waals surface area contributed by atoms with E-state index in [1.807, 2.05) is 36.4 Å². The number of hydrogen-bond acceptors (Lipinski definition) is 7. The van der Waals surface area contributed by atoms with E-state index in [2.05, 4.69) is 38.7 Å². The van der Waals surface area contributed by atoms with Crippen molar-refractivity contribution in [3.8, 4) is 11.1 Å². The van der Waals surface area contributed by atoms with E-state index in [-0.39, 0.29) is 38.3 Å². The molecule has 2 unspecified atom stereocenters. The van der Waals surface area contributed by atoms with E-state index in [0.717, 1.165) is 22.3 Å². The van der Waals surface area contributed by atoms with Crippen LogP contribution in [-0.4, -0.2) is 79.2 Å². The van der Waals surface area contributed by atoms with Gasteiger partial charge in [0.15, 0.2) is 0 Å². The van der Waals surface area contributed by atoms with Gasteiger partial charge in [-0.15, -0.1) is 0 Å². The van der Waals surface area contributed by atoms with Gasteiger partial charge in [-0.05, 0) is 54.4 Å². The third-order valence-electron chi connectivity index (χ3n) is 7.25. The summed E-state index contributed by atoms with van der Waals surface area (Å²) in [5, 5.41) is 21.6. The molecular formula is C31H40N6O8. The van der Waals surface area contributed by atoms with Crippen LogP contribution >= 0.6 is 0 Å². The van der Waals surface area contributed by atoms with Crippen LogP contribution in [0.2, 0.25) is 0 Å². The first kappa shape index (κ1) is 34.4. The molecule has 1 aliphatic carbocycles. The number of aliphatic carboxylic acids is 1. The van der Waals surface area contributed by atoms with Crippen LogP contribution in [0.1, 0.15) is 56.1 Å². The summed E-state index contributed by atoms with van der Waals surface area (Å²) in [6.45, 7) is 1.39. The monoisotopic (exact) mass is 624 g/mol. The minimum absolute atomic E-state index is 0.0356. The first-order valence-corrected chi connectivity index (χ1v) is 14.8. The highest BCUT2D eigenvalue weighted by Crippen LogP contribution is 2.44. The molecule has 45 heavy (non-hydrogen) atoms. The van der Waals surface area contributed by atoms with Gasteiger partial charge >= 0.3 is 18.1 Å². The first-order chi connectivity index (χ1) is 21.6. The van der Waals surface area contributed by atoms with Crippen LogP contribution in [0.15, 0.2) is 48.5 Å². The number of carbonyl (C=O) groups excluding carboxylic acids is 5. The van der Waals surface area contributed by atoms with Gasteiger partial charge in [-0.3, -0.25) is 14.4 Å². The second-order valence-electron chi connectivity index (χ2n) is 10.6. The Kier molecular flexibility index (Phi) is 13.2. The van der Waals surface area contributed by atoms with E-state index in [1.54, 1.807) is 0 Å². The fraction of sp³-hybridized carbons (Fsp3) is 0.419. The van der Waals surface area contributed by atoms with Gasteiger partial charge in [0.2, 0.25) is 17.7 Å². The minimum atomic E-state index is -1.27. The lowest BCUT2D eigenvalue weighted by atomic mass is 9.98. The average Bonchev–Trinajstić information content (AvgIpc) is 3.32. The van der Waals surface area contributed by atoms with Gasteiger partial charge in [0.25, 0.3) is 0 Å². The number of urea groups is 1. The maximum atomic E-state index is 12.7. The smallest absolute Gasteiger partial charge is 0.407 e. The van der Waals surface area contributed by atoms with Crippen LogP contribution in [0.3, 0.4) is 0 Å². The van der Waals surface area contributed by atoms with Crippen molar-refractivity contribution in [2.24, 2.45) is 5.73 Å². The maximum Gasteiger partial charge on any atom is 0.407 e. The van der Waals surface area contributed by atoms with E-state index in [4.69, 9.17) is 10.5 Å². The van der Waals surface area contributed by atoms with Crippen molar-refractivity contribution < 1.29 is 38.6 Å². The third-order valence-corrected chi connectivity index (χ3v) is 7.25. The molecule has 0 fully saturated rings. The van der Waals surface area contributed by atoms with Gasteiger partial charge in [0, 0.05) is 25.9 Å². The molecule has 2 atom stereocenters. The van der Waals surface area contributed by atoms with E-state index < -0.39 is 54.4 Å². The van der Waals surface area contributed by atoms with Gasteiger partial charge in [0.1, 0.15) is 18.7 Å². The van der Waals surface area contributed by atoms with Gasteiger partial charge in [0.05, 0.1) is 6.54 Å². The largest absolute Gasteiger partial charge is 0.480 e. The highest BCUT2D eigenvalue weighted by molar-refractivity contribution is 5.91. The van der Waals surface area contributed by atoms with Crippen molar-refractivity contribution in [3.63, 3.8) is 0 Å². The molecule has 3 rings (SSSR count). The molecule has 0 bridgehead atoms. The lowest BCUT2D eigenvalue weighted by molar-refractivity contribution is -0.142. The number of primary amides is 1. The Hall–Kier alpha value is -5.14. The fourth-order valence-corrected chi connectivity index (χ4v) is 5.14. The molecule has 0 radical (unpaired) electrons. The standard InChI is InChI=1S/C31H40N6O8/c1-19(38)36-25(28(40)35-17-27(39)37-26(29(41)42)14-8-16-33-30(32)43)13-6-7-15-34-31(44)45-18-24-22-11-4-2-9-20(22)21-10-3-5-12-23(21)24/h2-5,9-12,24-26H,6-8,13-18H2,1H3,(H,34,44)(H,35,40)(H,36,38)(H,37,39)(H,41,42)(H3,32,33,43). The van der Waals surface area contributed by atoms with Crippen molar-refractivity contribution in [1.29, 1.82) is 0 Å². The predicted molar refractivity (Wildman–Crippen MR) is 164 cm³/mol. The molecule has 1 aliphatic rings. The van der Waals surface area contributed by atoms with Crippen molar-refractivity contribution in [1.82, 2.24) is 26.6 Å². The molecule has 2 aromatic rings. The number of carboxylic acid groups (broad SMARTS) is 1. The Morgan fingerprint density at radius 3 is 2.00 bits per heavy atom. The summed E-state index contributed by atoms with van der Waals surface area (Å²) in [6, 6.07) is 13.2. The van der Waals surface area contributed by atoms with Crippen LogP contribution in [0, 0.1) is 0 Å². The van der Waals surface area contributed by atoms with Gasteiger partial charge in [-0.25, -0.2) is 14.4 Å². The SMILES string of the molecule is CC(=O)NC(CCCCNC(=O)OCC1c2ccccc2-c2ccccc21)C(=O)NCC(=O)NC(CCCNC(N)=O)C(=O)O. The number of benzene rings is 2. The van der Waals surface area contributed by atoms with Gasteiger partial charge in [-0.2, -0.15) is 0 Å². The number of carbonyl (C=O) groups is 6. The molecule has 0 saturated carbocycles. The van der Waals surface area contributed by atoms with Crippen molar-refractivity contribution >= 4 is 35.8 Å². The second-order valence-corrected chi connectivity index (χ2v) is 10.6. The number of nitrogens with one attached hydrogen (secondary N) is 5. The number of ether oxygens (including phenoxy) is 1. The Labute approximate surface area is 260 Å². The highest BCUT2D eigenvalue weighted by atomic mass is 16.5. The number of fused-ring (bicyclic) bond motifs is 3. The molecule has 0 aromatic heterocycles. The van der Waals surface area contributed by atoms with Crippen LogP contribution in [0.25, 0.3) is 11.1 Å². The molecule has 0 saturated heterocycles. The highest BCUT2D eigenvalue weighted by Gasteiger charge is 2.29. The molecule has 14 heteroatoms. The molecular weight excluding hydrogens is 584 g/mol. The molecule has 0 spiro atoms. The first-order valence-electron chi connectivity index (χ1n) is 14.8. The number of unbranched alkanes of at least 4 members (excludes halogenated alkanes) is 1. The summed E-state index contributed by atoms with van der Waals surface area (Å²) in [6.07, 6.45) is 0.946. The normalized spacial score (nSPS) is 12.9. The average molecular weight is 625 g/mol. The lowest BCUT2D eigenvalue weighted by Crippen LogP contribution is -2.50. The summed E-state index contributed by atoms with van der Waals surface area (Å²) in [5.41, 5.74) is 9.46. The van der Waals surface area contributed by atoms with E-state index in [9.17, 15) is 33.9 Å². The number of hydrogen-bond donors (Lipinski definition) is 7. The van der Waals surface area contributed by atoms with Gasteiger partial charge < -0.3 is 42.2 Å². The Bertz CT molecular complexity index is 1340. The molecule has 2 aromatic carbocycles. The maximum absolute atomic E-state index is 12.7. The lowest BCUT2D eigenvalue weighted by Gasteiger charge is -2.19. The Morgan fingerprint density at radius 1 is 0.800 bits per heavy atom. The molecule has 8 N–H and O–H groups in total. The van der Waals surface area contributed by atoms with Crippen LogP contribution in [0.4, 0.5) is 9.59 Å². The molecule has 0 heterocycles. The van der Waals surface area contributed by atoms with Crippen molar-refractivity contribution in [2.45, 2.75) is 57.0 Å². The number of amides is 6. The minimum Gasteiger partial charge on any atom is -0.480 e. The molecule has 6 amide bonds. The van der Waals surface area contributed by atoms with E-state index in [1.165, 1.54) is 6.92 Å². The molecule has 0 aliphatic heterocycles. The van der Waals surface area contributed by atoms with Crippen LogP contribution in [-0.2, 0) is 23.9 Å².